The topological polar surface area (TPSA) is 137 Å². The van der Waals surface area contributed by atoms with Crippen molar-refractivity contribution >= 4 is 49.7 Å². The molecule has 4 atom stereocenters. The van der Waals surface area contributed by atoms with Crippen molar-refractivity contribution in [3.05, 3.63) is 61.7 Å². The van der Waals surface area contributed by atoms with Gasteiger partial charge in [0, 0.05) is 33.2 Å². The molecule has 3 aromatic rings. The van der Waals surface area contributed by atoms with Gasteiger partial charge in [-0.3, -0.25) is 9.59 Å². The van der Waals surface area contributed by atoms with Crippen LogP contribution in [0.15, 0.2) is 16.9 Å². The number of rotatable bonds is 6. The van der Waals surface area contributed by atoms with E-state index in [1.165, 1.54) is 21.4 Å². The number of esters is 1. The third kappa shape index (κ3) is 5.53. The predicted octanol–water partition coefficient (Wildman–Crippen LogP) is 5.97. The number of ether oxygens (including phenoxy) is 2. The highest BCUT2D eigenvalue weighted by Gasteiger charge is 2.46. The number of amides is 1. The van der Waals surface area contributed by atoms with Crippen LogP contribution in [-0.4, -0.2) is 43.2 Å². The lowest BCUT2D eigenvalue weighted by Gasteiger charge is -2.31. The highest BCUT2D eigenvalue weighted by molar-refractivity contribution is 8.82. The standard InChI is InChI=1S/C34H38FN3O7S2/c1-8-34(43)21-11-25-28-19(13-38(25)29(39)20(21)14-44-30(34)40)27-23(10-9-18-15(2)22(35)12-24(36-28)26(18)27)37-32(42)45-16(3)17(4)46-47-31(41)33(5,6)7/h11-12,16-17,23,43H,8-10,13-14H2,1-7H3,(H,37,42)/t16-,17-,23+,34+/m1/s1. The highest BCUT2D eigenvalue weighted by atomic mass is 33.1. The molecule has 0 spiro atoms. The first-order chi connectivity index (χ1) is 22.1. The fourth-order valence-electron chi connectivity index (χ4n) is 6.46. The number of aryl methyl sites for hydroxylation is 1. The van der Waals surface area contributed by atoms with Gasteiger partial charge in [-0.15, -0.1) is 0 Å². The van der Waals surface area contributed by atoms with E-state index in [1.807, 2.05) is 27.7 Å². The summed E-state index contributed by atoms with van der Waals surface area (Å²) in [5.41, 5.74) is 1.50. The fraction of sp³-hybridized carbons (Fsp3) is 0.500. The van der Waals surface area contributed by atoms with Crippen molar-refractivity contribution < 1.29 is 33.4 Å². The van der Waals surface area contributed by atoms with Gasteiger partial charge in [0.15, 0.2) is 5.60 Å². The van der Waals surface area contributed by atoms with E-state index in [0.29, 0.717) is 40.9 Å². The second-order valence-corrected chi connectivity index (χ2v) is 16.1. The minimum absolute atomic E-state index is 0.00800. The number of aromatic nitrogens is 2. The first kappa shape index (κ1) is 33.5. The number of carbonyl (C=O) groups is 3. The molecule has 1 aliphatic carbocycles. The maximum absolute atomic E-state index is 15.2. The van der Waals surface area contributed by atoms with Crippen molar-refractivity contribution in [3.8, 4) is 11.4 Å². The zero-order valence-electron chi connectivity index (χ0n) is 27.4. The lowest BCUT2D eigenvalue weighted by atomic mass is 9.81. The molecule has 2 aliphatic heterocycles. The van der Waals surface area contributed by atoms with Gasteiger partial charge >= 0.3 is 12.1 Å². The minimum Gasteiger partial charge on any atom is -0.458 e. The molecule has 0 radical (unpaired) electrons. The van der Waals surface area contributed by atoms with Crippen molar-refractivity contribution in [1.29, 1.82) is 0 Å². The number of pyridine rings is 2. The lowest BCUT2D eigenvalue weighted by Crippen LogP contribution is -2.44. The fourth-order valence-corrected chi connectivity index (χ4v) is 9.10. The van der Waals surface area contributed by atoms with E-state index < -0.39 is 46.6 Å². The van der Waals surface area contributed by atoms with E-state index in [0.717, 1.165) is 27.3 Å². The number of alkyl carbamates (subject to hydrolysis) is 1. The number of benzene rings is 1. The van der Waals surface area contributed by atoms with Crippen LogP contribution in [0.5, 0.6) is 0 Å². The monoisotopic (exact) mass is 683 g/mol. The second kappa shape index (κ2) is 11.9. The summed E-state index contributed by atoms with van der Waals surface area (Å²) in [4.78, 5) is 57.0. The molecule has 1 aromatic carbocycles. The summed E-state index contributed by atoms with van der Waals surface area (Å²) in [7, 11) is 2.51. The third-order valence-electron chi connectivity index (χ3n) is 9.51. The van der Waals surface area contributed by atoms with Crippen LogP contribution in [0.3, 0.4) is 0 Å². The Labute approximate surface area is 279 Å². The summed E-state index contributed by atoms with van der Waals surface area (Å²) in [6, 6.07) is 2.46. The van der Waals surface area contributed by atoms with Gasteiger partial charge in [-0.2, -0.15) is 0 Å². The van der Waals surface area contributed by atoms with Crippen LogP contribution in [0.4, 0.5) is 9.18 Å². The summed E-state index contributed by atoms with van der Waals surface area (Å²) in [5.74, 6) is -1.22. The molecule has 250 valence electrons. The van der Waals surface area contributed by atoms with Gasteiger partial charge in [0.25, 0.3) is 5.56 Å². The van der Waals surface area contributed by atoms with E-state index in [4.69, 9.17) is 14.5 Å². The Morgan fingerprint density at radius 2 is 1.96 bits per heavy atom. The molecule has 0 unspecified atom stereocenters. The summed E-state index contributed by atoms with van der Waals surface area (Å²) in [5, 5.41) is 14.9. The Morgan fingerprint density at radius 1 is 1.23 bits per heavy atom. The van der Waals surface area contributed by atoms with Crippen molar-refractivity contribution in [3.63, 3.8) is 0 Å². The molecule has 2 N–H and O–H groups in total. The number of fused-ring (bicyclic) bond motifs is 5. The van der Waals surface area contributed by atoms with Crippen molar-refractivity contribution in [2.24, 2.45) is 5.41 Å². The van der Waals surface area contributed by atoms with Crippen LogP contribution >= 0.6 is 21.6 Å². The third-order valence-corrected chi connectivity index (χ3v) is 12.7. The van der Waals surface area contributed by atoms with E-state index in [-0.39, 0.29) is 41.1 Å². The molecule has 1 amide bonds. The van der Waals surface area contributed by atoms with Crippen LogP contribution in [0, 0.1) is 18.2 Å². The number of halogens is 1. The first-order valence-corrected chi connectivity index (χ1v) is 17.9. The Balaban J connectivity index is 1.37. The average molecular weight is 684 g/mol. The summed E-state index contributed by atoms with van der Waals surface area (Å²) in [6.45, 7) is 12.5. The minimum atomic E-state index is -1.98. The maximum Gasteiger partial charge on any atom is 0.407 e. The Bertz CT molecular complexity index is 1920. The zero-order valence-corrected chi connectivity index (χ0v) is 29.0. The highest BCUT2D eigenvalue weighted by Crippen LogP contribution is 2.46. The van der Waals surface area contributed by atoms with E-state index in [2.05, 4.69) is 5.32 Å². The van der Waals surface area contributed by atoms with E-state index >= 15 is 4.39 Å². The second-order valence-electron chi connectivity index (χ2n) is 13.6. The van der Waals surface area contributed by atoms with Crippen LogP contribution < -0.4 is 10.9 Å². The summed E-state index contributed by atoms with van der Waals surface area (Å²) >= 11 is 0. The largest absolute Gasteiger partial charge is 0.458 e. The molecule has 6 rings (SSSR count). The molecule has 3 aliphatic rings. The molecule has 0 saturated heterocycles. The zero-order chi connectivity index (χ0) is 34.2. The molecule has 0 fully saturated rings. The van der Waals surface area contributed by atoms with E-state index in [1.54, 1.807) is 26.8 Å². The number of nitrogens with zero attached hydrogens (tertiary/aromatic N) is 2. The molecule has 0 bridgehead atoms. The number of hydrogen-bond acceptors (Lipinski definition) is 10. The van der Waals surface area contributed by atoms with Gasteiger partial charge in [-0.05, 0) is 73.6 Å². The Hall–Kier alpha value is -3.42. The van der Waals surface area contributed by atoms with Crippen molar-refractivity contribution in [2.45, 2.75) is 104 Å². The van der Waals surface area contributed by atoms with Crippen LogP contribution in [0.25, 0.3) is 22.3 Å². The van der Waals surface area contributed by atoms with Gasteiger partial charge in [0.2, 0.25) is 5.12 Å². The van der Waals surface area contributed by atoms with Crippen molar-refractivity contribution in [2.75, 3.05) is 0 Å². The molecule has 0 saturated carbocycles. The molecule has 47 heavy (non-hydrogen) atoms. The summed E-state index contributed by atoms with van der Waals surface area (Å²) < 4.78 is 27.7. The molecule has 4 heterocycles. The molecular weight excluding hydrogens is 646 g/mol. The van der Waals surface area contributed by atoms with Gasteiger partial charge in [0.05, 0.1) is 35.1 Å². The SMILES string of the molecule is CC[C@@]1(O)C(=O)OCc2c1cc1n(c2=O)Cc2c-1nc1cc(F)c(C)c3c1c2[C@@H](NC(=O)O[C@H](C)[C@@H](C)SSC(=O)C(C)(C)C)CC3. The van der Waals surface area contributed by atoms with Crippen molar-refractivity contribution in [1.82, 2.24) is 14.9 Å². The average Bonchev–Trinajstić information content (AvgIpc) is 3.39. The molecular formula is C34H38FN3O7S2. The number of carbonyl (C=O) groups excluding carboxylic acids is 3. The van der Waals surface area contributed by atoms with Crippen LogP contribution in [0.1, 0.15) is 93.8 Å². The first-order valence-electron chi connectivity index (χ1n) is 15.7. The van der Waals surface area contributed by atoms with Gasteiger partial charge in [0.1, 0.15) is 18.5 Å². The lowest BCUT2D eigenvalue weighted by molar-refractivity contribution is -0.172. The smallest absolute Gasteiger partial charge is 0.407 e. The quantitative estimate of drug-likeness (QED) is 0.185. The maximum atomic E-state index is 15.2. The Kier molecular flexibility index (Phi) is 8.49. The predicted molar refractivity (Wildman–Crippen MR) is 178 cm³/mol. The number of nitrogens with one attached hydrogen (secondary N) is 1. The normalized spacial score (nSPS) is 21.0. The molecule has 13 heteroatoms. The molecule has 10 nitrogen and oxygen atoms in total. The van der Waals surface area contributed by atoms with Gasteiger partial charge < -0.3 is 24.5 Å². The van der Waals surface area contributed by atoms with Crippen LogP contribution in [0.2, 0.25) is 0 Å². The Morgan fingerprint density at radius 3 is 2.64 bits per heavy atom. The van der Waals surface area contributed by atoms with Gasteiger partial charge in [-0.25, -0.2) is 19.0 Å². The number of cyclic esters (lactones) is 1. The van der Waals surface area contributed by atoms with Gasteiger partial charge in [-0.1, -0.05) is 38.5 Å². The van der Waals surface area contributed by atoms with E-state index in [9.17, 15) is 24.3 Å². The van der Waals surface area contributed by atoms with Crippen LogP contribution in [-0.2, 0) is 44.2 Å². The number of hydrogen-bond donors (Lipinski definition) is 2. The number of aliphatic hydroxyl groups is 1. The molecule has 2 aromatic heterocycles. The summed E-state index contributed by atoms with van der Waals surface area (Å²) in [6.07, 6.45) is -0.168.